The number of aliphatic hydroxyl groups excluding tert-OH is 1. The van der Waals surface area contributed by atoms with Crippen molar-refractivity contribution in [2.45, 2.75) is 32.2 Å². The number of ether oxygens (including phenoxy) is 1. The Bertz CT molecular complexity index is 397. The van der Waals surface area contributed by atoms with Crippen LogP contribution in [0.3, 0.4) is 0 Å². The molecule has 1 aliphatic rings. The quantitative estimate of drug-likeness (QED) is 0.821. The summed E-state index contributed by atoms with van der Waals surface area (Å²) < 4.78 is 4.96. The van der Waals surface area contributed by atoms with E-state index >= 15 is 0 Å². The molecule has 1 N–H and O–H groups in total. The Morgan fingerprint density at radius 2 is 2.35 bits per heavy atom. The monoisotopic (exact) mass is 236 g/mol. The summed E-state index contributed by atoms with van der Waals surface area (Å²) in [6.07, 6.45) is 0.0922. The van der Waals surface area contributed by atoms with Crippen molar-refractivity contribution in [2.24, 2.45) is 0 Å². The van der Waals surface area contributed by atoms with Crippen molar-refractivity contribution in [1.82, 2.24) is 9.88 Å². The summed E-state index contributed by atoms with van der Waals surface area (Å²) in [5.41, 5.74) is 1.94. The third-order valence-electron chi connectivity index (χ3n) is 3.07. The molecule has 0 aliphatic carbocycles. The lowest BCUT2D eigenvalue weighted by Crippen LogP contribution is -2.42. The van der Waals surface area contributed by atoms with Crippen LogP contribution in [0.25, 0.3) is 0 Å². The number of carbonyl (C=O) groups is 1. The average molecular weight is 236 g/mol. The Hall–Kier alpha value is -1.46. The Kier molecular flexibility index (Phi) is 3.40. The lowest BCUT2D eigenvalue weighted by Gasteiger charge is -2.22. The zero-order valence-corrected chi connectivity index (χ0v) is 9.96. The first kappa shape index (κ1) is 12.0. The number of methoxy groups -OCH3 is 1. The molecule has 2 heterocycles. The Morgan fingerprint density at radius 3 is 3.00 bits per heavy atom. The SMILES string of the molecule is CO[C@@H](C)[C@@H](O)C(=O)N1Cc2cccnc2C1. The standard InChI is InChI=1S/C12H16N2O3/c1-8(17-2)11(15)12(16)14-6-9-4-3-5-13-10(9)7-14/h3-5,8,11,15H,6-7H2,1-2H3/t8-,11+/m0/s1. The van der Waals surface area contributed by atoms with Gasteiger partial charge in [0.2, 0.25) is 0 Å². The van der Waals surface area contributed by atoms with Crippen LogP contribution in [-0.2, 0) is 22.6 Å². The Labute approximate surface area is 100 Å². The normalized spacial score (nSPS) is 17.7. The predicted molar refractivity (Wildman–Crippen MR) is 61.0 cm³/mol. The first-order chi connectivity index (χ1) is 8.13. The molecule has 92 valence electrons. The molecule has 2 rings (SSSR count). The average Bonchev–Trinajstić information content (AvgIpc) is 2.79. The summed E-state index contributed by atoms with van der Waals surface area (Å²) in [7, 11) is 1.47. The van der Waals surface area contributed by atoms with Gasteiger partial charge in [-0.25, -0.2) is 0 Å². The molecule has 0 saturated heterocycles. The fourth-order valence-electron chi connectivity index (χ4n) is 1.87. The number of pyridine rings is 1. The zero-order valence-electron chi connectivity index (χ0n) is 9.96. The molecule has 0 fully saturated rings. The van der Waals surface area contributed by atoms with Crippen LogP contribution in [-0.4, -0.2) is 40.2 Å². The molecular weight excluding hydrogens is 220 g/mol. The number of hydrogen-bond acceptors (Lipinski definition) is 4. The minimum atomic E-state index is -1.12. The topological polar surface area (TPSA) is 62.7 Å². The molecule has 1 aromatic rings. The minimum Gasteiger partial charge on any atom is -0.381 e. The molecule has 0 saturated carbocycles. The highest BCUT2D eigenvalue weighted by atomic mass is 16.5. The van der Waals surface area contributed by atoms with Crippen molar-refractivity contribution in [3.05, 3.63) is 29.6 Å². The van der Waals surface area contributed by atoms with Crippen LogP contribution in [0.4, 0.5) is 0 Å². The van der Waals surface area contributed by atoms with E-state index in [0.29, 0.717) is 13.1 Å². The fourth-order valence-corrected chi connectivity index (χ4v) is 1.87. The number of fused-ring (bicyclic) bond motifs is 1. The molecule has 0 unspecified atom stereocenters. The second kappa shape index (κ2) is 4.81. The van der Waals surface area contributed by atoms with E-state index in [4.69, 9.17) is 4.74 Å². The van der Waals surface area contributed by atoms with Gasteiger partial charge in [0.25, 0.3) is 5.91 Å². The number of amides is 1. The Balaban J connectivity index is 2.05. The van der Waals surface area contributed by atoms with Crippen LogP contribution in [0.15, 0.2) is 18.3 Å². The molecule has 5 heteroatoms. The van der Waals surface area contributed by atoms with E-state index in [2.05, 4.69) is 4.98 Å². The van der Waals surface area contributed by atoms with Crippen LogP contribution in [0.1, 0.15) is 18.2 Å². The van der Waals surface area contributed by atoms with E-state index in [1.807, 2.05) is 12.1 Å². The zero-order chi connectivity index (χ0) is 12.4. The molecule has 2 atom stereocenters. The van der Waals surface area contributed by atoms with Gasteiger partial charge in [0.1, 0.15) is 0 Å². The van der Waals surface area contributed by atoms with E-state index in [9.17, 15) is 9.90 Å². The molecule has 1 aromatic heterocycles. The minimum absolute atomic E-state index is 0.308. The van der Waals surface area contributed by atoms with Gasteiger partial charge >= 0.3 is 0 Å². The van der Waals surface area contributed by atoms with Crippen LogP contribution in [0.2, 0.25) is 0 Å². The predicted octanol–water partition coefficient (Wildman–Crippen LogP) is 0.320. The van der Waals surface area contributed by atoms with Gasteiger partial charge in [-0.1, -0.05) is 6.07 Å². The number of aliphatic hydroxyl groups is 1. The Morgan fingerprint density at radius 1 is 1.59 bits per heavy atom. The van der Waals surface area contributed by atoms with E-state index in [0.717, 1.165) is 11.3 Å². The molecule has 1 amide bonds. The molecule has 0 aromatic carbocycles. The van der Waals surface area contributed by atoms with Crippen LogP contribution < -0.4 is 0 Å². The highest BCUT2D eigenvalue weighted by molar-refractivity contribution is 5.81. The maximum absolute atomic E-state index is 12.0. The first-order valence-electron chi connectivity index (χ1n) is 5.56. The fraction of sp³-hybridized carbons (Fsp3) is 0.500. The molecule has 5 nitrogen and oxygen atoms in total. The van der Waals surface area contributed by atoms with E-state index in [1.54, 1.807) is 18.0 Å². The number of aromatic nitrogens is 1. The molecular formula is C12H16N2O3. The van der Waals surface area contributed by atoms with Crippen LogP contribution in [0, 0.1) is 0 Å². The summed E-state index contributed by atoms with van der Waals surface area (Å²) in [6.45, 7) is 2.64. The number of hydrogen-bond donors (Lipinski definition) is 1. The highest BCUT2D eigenvalue weighted by Crippen LogP contribution is 2.21. The lowest BCUT2D eigenvalue weighted by atomic mass is 10.2. The van der Waals surface area contributed by atoms with Crippen molar-refractivity contribution in [2.75, 3.05) is 7.11 Å². The largest absolute Gasteiger partial charge is 0.381 e. The van der Waals surface area contributed by atoms with Gasteiger partial charge in [-0.15, -0.1) is 0 Å². The summed E-state index contributed by atoms with van der Waals surface area (Å²) in [6, 6.07) is 3.79. The molecule has 0 bridgehead atoms. The van der Waals surface area contributed by atoms with E-state index in [-0.39, 0.29) is 5.91 Å². The van der Waals surface area contributed by atoms with E-state index < -0.39 is 12.2 Å². The number of rotatable bonds is 3. The molecule has 0 radical (unpaired) electrons. The van der Waals surface area contributed by atoms with Gasteiger partial charge in [0.05, 0.1) is 18.3 Å². The van der Waals surface area contributed by atoms with Crippen LogP contribution in [0.5, 0.6) is 0 Å². The maximum atomic E-state index is 12.0. The third kappa shape index (κ3) is 2.30. The van der Waals surface area contributed by atoms with Gasteiger partial charge in [0, 0.05) is 19.9 Å². The van der Waals surface area contributed by atoms with Crippen molar-refractivity contribution in [1.29, 1.82) is 0 Å². The third-order valence-corrected chi connectivity index (χ3v) is 3.07. The van der Waals surface area contributed by atoms with Gasteiger partial charge < -0.3 is 14.7 Å². The second-order valence-electron chi connectivity index (χ2n) is 4.19. The van der Waals surface area contributed by atoms with Crippen molar-refractivity contribution >= 4 is 5.91 Å². The van der Waals surface area contributed by atoms with Crippen molar-refractivity contribution in [3.63, 3.8) is 0 Å². The first-order valence-corrected chi connectivity index (χ1v) is 5.56. The smallest absolute Gasteiger partial charge is 0.254 e. The maximum Gasteiger partial charge on any atom is 0.254 e. The summed E-state index contributed by atoms with van der Waals surface area (Å²) in [5.74, 6) is -0.308. The van der Waals surface area contributed by atoms with Crippen LogP contribution >= 0.6 is 0 Å². The summed E-state index contributed by atoms with van der Waals surface area (Å²) in [5, 5.41) is 9.79. The summed E-state index contributed by atoms with van der Waals surface area (Å²) >= 11 is 0. The number of carbonyl (C=O) groups excluding carboxylic acids is 1. The number of nitrogens with zero attached hydrogens (tertiary/aromatic N) is 2. The summed E-state index contributed by atoms with van der Waals surface area (Å²) in [4.78, 5) is 17.8. The van der Waals surface area contributed by atoms with E-state index in [1.165, 1.54) is 7.11 Å². The molecule has 1 aliphatic heterocycles. The van der Waals surface area contributed by atoms with Gasteiger partial charge in [-0.2, -0.15) is 0 Å². The van der Waals surface area contributed by atoms with Gasteiger partial charge in [0.15, 0.2) is 6.10 Å². The molecule has 17 heavy (non-hydrogen) atoms. The van der Waals surface area contributed by atoms with Gasteiger partial charge in [-0.3, -0.25) is 9.78 Å². The highest BCUT2D eigenvalue weighted by Gasteiger charge is 2.31. The van der Waals surface area contributed by atoms with Crippen molar-refractivity contribution < 1.29 is 14.6 Å². The second-order valence-corrected chi connectivity index (χ2v) is 4.19. The van der Waals surface area contributed by atoms with Gasteiger partial charge in [-0.05, 0) is 18.6 Å². The van der Waals surface area contributed by atoms with Crippen molar-refractivity contribution in [3.8, 4) is 0 Å². The molecule has 0 spiro atoms. The lowest BCUT2D eigenvalue weighted by molar-refractivity contribution is -0.147.